The molecule has 1 saturated carbocycles. The van der Waals surface area contributed by atoms with Gasteiger partial charge in [0.1, 0.15) is 0 Å². The fourth-order valence-electron chi connectivity index (χ4n) is 2.13. The smallest absolute Gasteiger partial charge is 0.170 e. The van der Waals surface area contributed by atoms with Gasteiger partial charge in [0.15, 0.2) is 5.11 Å². The molecule has 20 heavy (non-hydrogen) atoms. The van der Waals surface area contributed by atoms with Crippen molar-refractivity contribution in [3.63, 3.8) is 0 Å². The zero-order chi connectivity index (χ0) is 14.4. The van der Waals surface area contributed by atoms with E-state index in [0.29, 0.717) is 5.11 Å². The first-order valence-electron chi connectivity index (χ1n) is 7.34. The van der Waals surface area contributed by atoms with E-state index in [2.05, 4.69) is 42.7 Å². The summed E-state index contributed by atoms with van der Waals surface area (Å²) in [5, 5.41) is 7.11. The van der Waals surface area contributed by atoms with E-state index in [1.165, 1.54) is 24.0 Å². The summed E-state index contributed by atoms with van der Waals surface area (Å²) in [4.78, 5) is 0. The topological polar surface area (TPSA) is 33.3 Å². The molecule has 2 rings (SSSR count). The van der Waals surface area contributed by atoms with Crippen molar-refractivity contribution in [3.8, 4) is 0 Å². The highest BCUT2D eigenvalue weighted by Gasteiger charge is 2.20. The largest absolute Gasteiger partial charge is 0.381 e. The van der Waals surface area contributed by atoms with Gasteiger partial charge in [-0.3, -0.25) is 0 Å². The molecule has 4 heteroatoms. The van der Waals surface area contributed by atoms with Crippen LogP contribution in [0.5, 0.6) is 0 Å². The Bertz CT molecular complexity index is 438. The maximum absolute atomic E-state index is 5.59. The van der Waals surface area contributed by atoms with E-state index in [1.807, 2.05) is 0 Å². The maximum Gasteiger partial charge on any atom is 0.170 e. The summed E-state index contributed by atoms with van der Waals surface area (Å²) in [6.45, 7) is 6.78. The molecular formula is C16H24N2OS. The first-order valence-corrected chi connectivity index (χ1v) is 7.75. The van der Waals surface area contributed by atoms with Crippen molar-refractivity contribution in [2.45, 2.75) is 33.1 Å². The van der Waals surface area contributed by atoms with E-state index < -0.39 is 0 Å². The summed E-state index contributed by atoms with van der Waals surface area (Å²) in [6.07, 6.45) is 3.69. The zero-order valence-corrected chi connectivity index (χ0v) is 13.2. The molecule has 0 aromatic heterocycles. The predicted octanol–water partition coefficient (Wildman–Crippen LogP) is 3.41. The highest BCUT2D eigenvalue weighted by molar-refractivity contribution is 7.80. The van der Waals surface area contributed by atoms with Crippen molar-refractivity contribution in [1.29, 1.82) is 0 Å². The van der Waals surface area contributed by atoms with Crippen LogP contribution in [0.4, 0.5) is 5.69 Å². The molecule has 2 N–H and O–H groups in total. The van der Waals surface area contributed by atoms with Gasteiger partial charge in [-0.1, -0.05) is 6.07 Å². The molecule has 0 heterocycles. The summed E-state index contributed by atoms with van der Waals surface area (Å²) >= 11 is 5.29. The van der Waals surface area contributed by atoms with Crippen LogP contribution in [0.1, 0.15) is 30.4 Å². The molecule has 0 bridgehead atoms. The average Bonchev–Trinajstić information content (AvgIpc) is 3.16. The Hall–Kier alpha value is -1.13. The third-order valence-corrected chi connectivity index (χ3v) is 3.53. The average molecular weight is 292 g/mol. The molecule has 0 saturated heterocycles. The van der Waals surface area contributed by atoms with Crippen molar-refractivity contribution in [2.75, 3.05) is 25.1 Å². The lowest BCUT2D eigenvalue weighted by Crippen LogP contribution is -2.29. The number of aryl methyl sites for hydroxylation is 2. The number of benzene rings is 1. The second-order valence-corrected chi connectivity index (χ2v) is 6.04. The van der Waals surface area contributed by atoms with Gasteiger partial charge in [0.2, 0.25) is 0 Å². The number of thiocarbonyl (C=S) groups is 1. The lowest BCUT2D eigenvalue weighted by Gasteiger charge is -2.12. The van der Waals surface area contributed by atoms with Gasteiger partial charge in [0, 0.05) is 25.4 Å². The fraction of sp³-hybridized carbons (Fsp3) is 0.562. The van der Waals surface area contributed by atoms with Crippen LogP contribution in [0, 0.1) is 19.8 Å². The second-order valence-electron chi connectivity index (χ2n) is 5.63. The third-order valence-electron chi connectivity index (χ3n) is 3.28. The summed E-state index contributed by atoms with van der Waals surface area (Å²) in [5.74, 6) is 0.843. The van der Waals surface area contributed by atoms with Gasteiger partial charge >= 0.3 is 0 Å². The number of hydrogen-bond acceptors (Lipinski definition) is 2. The van der Waals surface area contributed by atoms with Crippen LogP contribution in [-0.2, 0) is 4.74 Å². The molecule has 3 nitrogen and oxygen atoms in total. The minimum Gasteiger partial charge on any atom is -0.381 e. The number of rotatable bonds is 7. The lowest BCUT2D eigenvalue weighted by molar-refractivity contribution is 0.123. The fourth-order valence-corrected chi connectivity index (χ4v) is 2.35. The normalized spacial score (nSPS) is 14.1. The number of anilines is 1. The Morgan fingerprint density at radius 1 is 1.25 bits per heavy atom. The Balaban J connectivity index is 1.59. The second kappa shape index (κ2) is 7.60. The number of hydrogen-bond donors (Lipinski definition) is 2. The van der Waals surface area contributed by atoms with Crippen LogP contribution in [0.3, 0.4) is 0 Å². The lowest BCUT2D eigenvalue weighted by atomic mass is 10.1. The molecule has 0 spiro atoms. The van der Waals surface area contributed by atoms with Gasteiger partial charge in [0.25, 0.3) is 0 Å². The van der Waals surface area contributed by atoms with Crippen LogP contribution < -0.4 is 10.6 Å². The van der Waals surface area contributed by atoms with Crippen molar-refractivity contribution in [1.82, 2.24) is 5.32 Å². The van der Waals surface area contributed by atoms with E-state index in [-0.39, 0.29) is 0 Å². The molecule has 1 aromatic carbocycles. The van der Waals surface area contributed by atoms with Gasteiger partial charge in [-0.05, 0) is 74.5 Å². The Morgan fingerprint density at radius 3 is 2.60 bits per heavy atom. The SMILES string of the molecule is Cc1cc(C)cc(NC(=S)NCCCOCC2CC2)c1. The van der Waals surface area contributed by atoms with Gasteiger partial charge in [0.05, 0.1) is 0 Å². The quantitative estimate of drug-likeness (QED) is 0.596. The monoisotopic (exact) mass is 292 g/mol. The molecule has 0 amide bonds. The Labute approximate surface area is 127 Å². The Morgan fingerprint density at radius 2 is 1.95 bits per heavy atom. The van der Waals surface area contributed by atoms with Crippen LogP contribution >= 0.6 is 12.2 Å². The molecule has 110 valence electrons. The summed E-state index contributed by atoms with van der Waals surface area (Å²) < 4.78 is 5.59. The van der Waals surface area contributed by atoms with Gasteiger partial charge in [-0.2, -0.15) is 0 Å². The van der Waals surface area contributed by atoms with E-state index in [4.69, 9.17) is 17.0 Å². The summed E-state index contributed by atoms with van der Waals surface area (Å²) in [6, 6.07) is 6.35. The van der Waals surface area contributed by atoms with Crippen molar-refractivity contribution in [3.05, 3.63) is 29.3 Å². The van der Waals surface area contributed by atoms with E-state index in [9.17, 15) is 0 Å². The van der Waals surface area contributed by atoms with Crippen LogP contribution in [0.25, 0.3) is 0 Å². The van der Waals surface area contributed by atoms with Crippen LogP contribution in [-0.4, -0.2) is 24.9 Å². The molecule has 0 radical (unpaired) electrons. The minimum absolute atomic E-state index is 0.678. The van der Waals surface area contributed by atoms with E-state index in [0.717, 1.165) is 37.8 Å². The van der Waals surface area contributed by atoms with E-state index >= 15 is 0 Å². The molecule has 1 aromatic rings. The molecule has 0 atom stereocenters. The highest BCUT2D eigenvalue weighted by atomic mass is 32.1. The molecule has 1 aliphatic rings. The Kier molecular flexibility index (Phi) is 5.80. The van der Waals surface area contributed by atoms with Gasteiger partial charge in [-0.15, -0.1) is 0 Å². The predicted molar refractivity (Wildman–Crippen MR) is 88.3 cm³/mol. The van der Waals surface area contributed by atoms with Crippen LogP contribution in [0.15, 0.2) is 18.2 Å². The molecular weight excluding hydrogens is 268 g/mol. The minimum atomic E-state index is 0.678. The molecule has 0 unspecified atom stereocenters. The van der Waals surface area contributed by atoms with Crippen molar-refractivity contribution in [2.24, 2.45) is 5.92 Å². The molecule has 1 aliphatic carbocycles. The van der Waals surface area contributed by atoms with Crippen molar-refractivity contribution >= 4 is 23.0 Å². The van der Waals surface area contributed by atoms with Gasteiger partial charge in [-0.25, -0.2) is 0 Å². The first kappa shape index (κ1) is 15.3. The molecule has 0 aliphatic heterocycles. The van der Waals surface area contributed by atoms with Crippen LogP contribution in [0.2, 0.25) is 0 Å². The standard InChI is InChI=1S/C16H24N2OS/c1-12-8-13(2)10-15(9-12)18-16(20)17-6-3-7-19-11-14-4-5-14/h8-10,14H,3-7,11H2,1-2H3,(H2,17,18,20). The van der Waals surface area contributed by atoms with Crippen molar-refractivity contribution < 1.29 is 4.74 Å². The molecule has 1 fully saturated rings. The zero-order valence-electron chi connectivity index (χ0n) is 12.4. The number of ether oxygens (including phenoxy) is 1. The summed E-state index contributed by atoms with van der Waals surface area (Å²) in [5.41, 5.74) is 3.53. The van der Waals surface area contributed by atoms with Gasteiger partial charge < -0.3 is 15.4 Å². The summed E-state index contributed by atoms with van der Waals surface area (Å²) in [7, 11) is 0. The van der Waals surface area contributed by atoms with E-state index in [1.54, 1.807) is 0 Å². The third kappa shape index (κ3) is 5.88. The first-order chi connectivity index (χ1) is 9.63. The maximum atomic E-state index is 5.59. The highest BCUT2D eigenvalue weighted by Crippen LogP contribution is 2.28. The number of nitrogens with one attached hydrogen (secondary N) is 2.